The molecule has 0 aromatic heterocycles. The minimum absolute atomic E-state index is 0.300. The summed E-state index contributed by atoms with van der Waals surface area (Å²) in [5, 5.41) is 0. The van der Waals surface area contributed by atoms with Crippen LogP contribution in [0.2, 0.25) is 0 Å². The van der Waals surface area contributed by atoms with E-state index < -0.39 is 22.1 Å². The third kappa shape index (κ3) is 6.70. The quantitative estimate of drug-likeness (QED) is 0.355. The molecule has 3 unspecified atom stereocenters. The molecule has 0 amide bonds. The highest BCUT2D eigenvalue weighted by Gasteiger charge is 2.18. The summed E-state index contributed by atoms with van der Waals surface area (Å²) in [6.07, 6.45) is 0.529. The van der Waals surface area contributed by atoms with E-state index in [1.54, 1.807) is 54.6 Å². The first-order chi connectivity index (χ1) is 14.1. The van der Waals surface area contributed by atoms with Gasteiger partial charge in [-0.05, 0) is 42.8 Å². The summed E-state index contributed by atoms with van der Waals surface area (Å²) in [7, 11) is -5.35. The maximum atomic E-state index is 12.6. The molecule has 29 heavy (non-hydrogen) atoms. The molecule has 3 rings (SSSR count). The molecule has 6 nitrogen and oxygen atoms in total. The summed E-state index contributed by atoms with van der Waals surface area (Å²) >= 11 is 0. The average molecular weight is 432 g/mol. The van der Waals surface area contributed by atoms with Gasteiger partial charge in [-0.1, -0.05) is 49.4 Å². The topological polar surface area (TPSA) is 71.1 Å². The second-order valence-corrected chi connectivity index (χ2v) is 8.39. The lowest BCUT2D eigenvalue weighted by molar-refractivity contribution is 0.259. The molecule has 8 heteroatoms. The van der Waals surface area contributed by atoms with E-state index in [1.807, 2.05) is 31.2 Å². The smallest absolute Gasteiger partial charge is 0.418 e. The first kappa shape index (κ1) is 21.0. The molecule has 0 aliphatic carbocycles. The number of para-hydroxylation sites is 2. The van der Waals surface area contributed by atoms with Gasteiger partial charge in [0.05, 0.1) is 0 Å². The van der Waals surface area contributed by atoms with Crippen LogP contribution in [0.15, 0.2) is 84.9 Å². The molecule has 0 radical (unpaired) electrons. The zero-order chi connectivity index (χ0) is 20.5. The summed E-state index contributed by atoms with van der Waals surface area (Å²) in [4.78, 5) is 0. The fourth-order valence-corrected chi connectivity index (χ4v) is 4.19. The monoisotopic (exact) mass is 432 g/mol. The van der Waals surface area contributed by atoms with Crippen molar-refractivity contribution >= 4 is 16.3 Å². The van der Waals surface area contributed by atoms with Crippen molar-refractivity contribution in [2.45, 2.75) is 19.2 Å². The van der Waals surface area contributed by atoms with Gasteiger partial charge >= 0.3 is 8.25 Å². The van der Waals surface area contributed by atoms with Crippen molar-refractivity contribution in [3.63, 3.8) is 0 Å². The molecule has 0 saturated carbocycles. The summed E-state index contributed by atoms with van der Waals surface area (Å²) in [5.74, 6) is 1.17. The Morgan fingerprint density at radius 2 is 1.21 bits per heavy atom. The normalized spacial score (nSPS) is 13.7. The zero-order valence-corrected chi connectivity index (χ0v) is 17.8. The Morgan fingerprint density at radius 1 is 0.690 bits per heavy atom. The number of hydrogen-bond donors (Lipinski definition) is 0. The Bertz CT molecular complexity index is 950. The van der Waals surface area contributed by atoms with Crippen molar-refractivity contribution in [2.75, 3.05) is 0 Å². The van der Waals surface area contributed by atoms with E-state index in [1.165, 1.54) is 6.07 Å². The Hall–Kier alpha value is -2.68. The van der Waals surface area contributed by atoms with Gasteiger partial charge in [0, 0.05) is 6.07 Å². The van der Waals surface area contributed by atoms with Crippen LogP contribution in [0.1, 0.15) is 13.3 Å². The molecule has 0 saturated heterocycles. The van der Waals surface area contributed by atoms with Gasteiger partial charge in [-0.3, -0.25) is 4.57 Å². The molecule has 0 heterocycles. The van der Waals surface area contributed by atoms with Crippen LogP contribution in [0.3, 0.4) is 0 Å². The van der Waals surface area contributed by atoms with Gasteiger partial charge in [-0.25, -0.2) is 4.57 Å². The Labute approximate surface area is 171 Å². The SMILES string of the molecule is CCC(Oc1ccccc1)[PH](=O)Oc1cccc(O[PH](=O)Oc2ccccc2)c1. The molecule has 152 valence electrons. The van der Waals surface area contributed by atoms with Crippen LogP contribution in [-0.2, 0) is 9.13 Å². The molecule has 0 aliphatic heterocycles. The lowest BCUT2D eigenvalue weighted by atomic mass is 10.3. The Morgan fingerprint density at radius 3 is 1.83 bits per heavy atom. The van der Waals surface area contributed by atoms with Crippen LogP contribution in [0.25, 0.3) is 0 Å². The van der Waals surface area contributed by atoms with Gasteiger partial charge in [0.2, 0.25) is 0 Å². The van der Waals surface area contributed by atoms with Gasteiger partial charge in [-0.15, -0.1) is 0 Å². The van der Waals surface area contributed by atoms with E-state index in [0.29, 0.717) is 29.4 Å². The van der Waals surface area contributed by atoms with Gasteiger partial charge in [0.15, 0.2) is 5.85 Å². The molecule has 3 aromatic rings. The van der Waals surface area contributed by atoms with E-state index in [4.69, 9.17) is 18.3 Å². The standard InChI is InChI=1S/C21H22O6P2/c1-2-21(24-17-10-5-3-6-11-17)28(22)25-19-14-9-15-20(16-19)27-29(23)26-18-12-7-4-8-13-18/h3-16,21,28-29H,2H2,1H3. The molecular weight excluding hydrogens is 410 g/mol. The first-order valence-electron chi connectivity index (χ1n) is 9.12. The van der Waals surface area contributed by atoms with Gasteiger partial charge in [0.1, 0.15) is 23.0 Å². The predicted octanol–water partition coefficient (Wildman–Crippen LogP) is 6.20. The first-order valence-corrected chi connectivity index (χ1v) is 11.7. The van der Waals surface area contributed by atoms with Crippen LogP contribution in [0, 0.1) is 0 Å². The lowest BCUT2D eigenvalue weighted by Gasteiger charge is -2.18. The van der Waals surface area contributed by atoms with Crippen LogP contribution < -0.4 is 18.3 Å². The predicted molar refractivity (Wildman–Crippen MR) is 114 cm³/mol. The maximum Gasteiger partial charge on any atom is 0.418 e. The van der Waals surface area contributed by atoms with Crippen molar-refractivity contribution in [3.8, 4) is 23.0 Å². The van der Waals surface area contributed by atoms with Crippen molar-refractivity contribution < 1.29 is 27.4 Å². The van der Waals surface area contributed by atoms with Crippen molar-refractivity contribution in [3.05, 3.63) is 84.9 Å². The lowest BCUT2D eigenvalue weighted by Crippen LogP contribution is -2.12. The molecular formula is C21H22O6P2. The second-order valence-electron chi connectivity index (χ2n) is 5.99. The second kappa shape index (κ2) is 10.8. The molecule has 0 fully saturated rings. The van der Waals surface area contributed by atoms with Gasteiger partial charge in [0.25, 0.3) is 8.03 Å². The van der Waals surface area contributed by atoms with E-state index in [0.717, 1.165) is 0 Å². The molecule has 0 bridgehead atoms. The van der Waals surface area contributed by atoms with Crippen molar-refractivity contribution in [1.82, 2.24) is 0 Å². The van der Waals surface area contributed by atoms with E-state index in [-0.39, 0.29) is 0 Å². The highest BCUT2D eigenvalue weighted by Crippen LogP contribution is 2.38. The largest absolute Gasteiger partial charge is 0.479 e. The van der Waals surface area contributed by atoms with Crippen molar-refractivity contribution in [2.24, 2.45) is 0 Å². The number of rotatable bonds is 10. The van der Waals surface area contributed by atoms with Crippen molar-refractivity contribution in [1.29, 1.82) is 0 Å². The molecule has 0 spiro atoms. The minimum atomic E-state index is -2.80. The number of ether oxygens (including phenoxy) is 1. The third-order valence-electron chi connectivity index (χ3n) is 3.82. The van der Waals surface area contributed by atoms with Crippen LogP contribution in [0.5, 0.6) is 23.0 Å². The summed E-state index contributed by atoms with van der Waals surface area (Å²) in [6.45, 7) is 1.88. The highest BCUT2D eigenvalue weighted by atomic mass is 31.1. The highest BCUT2D eigenvalue weighted by molar-refractivity contribution is 7.40. The zero-order valence-electron chi connectivity index (χ0n) is 15.8. The van der Waals surface area contributed by atoms with E-state index >= 15 is 0 Å². The minimum Gasteiger partial charge on any atom is -0.479 e. The Balaban J connectivity index is 1.59. The fourth-order valence-electron chi connectivity index (χ4n) is 2.45. The Kier molecular flexibility index (Phi) is 7.80. The van der Waals surface area contributed by atoms with Crippen LogP contribution in [0.4, 0.5) is 0 Å². The van der Waals surface area contributed by atoms with Gasteiger partial charge < -0.3 is 18.3 Å². The maximum absolute atomic E-state index is 12.6. The summed E-state index contributed by atoms with van der Waals surface area (Å²) in [6, 6.07) is 24.4. The van der Waals surface area contributed by atoms with E-state index in [9.17, 15) is 9.13 Å². The molecule has 0 N–H and O–H groups in total. The fraction of sp³-hybridized carbons (Fsp3) is 0.143. The number of hydrogen-bond acceptors (Lipinski definition) is 6. The summed E-state index contributed by atoms with van der Waals surface area (Å²) in [5.41, 5.74) is 0. The molecule has 0 aliphatic rings. The van der Waals surface area contributed by atoms with Crippen LogP contribution in [-0.4, -0.2) is 5.85 Å². The molecule has 3 atom stereocenters. The van der Waals surface area contributed by atoms with E-state index in [2.05, 4.69) is 0 Å². The average Bonchev–Trinajstić information content (AvgIpc) is 2.73. The number of benzene rings is 3. The summed E-state index contributed by atoms with van der Waals surface area (Å²) < 4.78 is 46.7. The van der Waals surface area contributed by atoms with Gasteiger partial charge in [-0.2, -0.15) is 0 Å². The third-order valence-corrected chi connectivity index (χ3v) is 6.12. The van der Waals surface area contributed by atoms with Crippen LogP contribution >= 0.6 is 16.3 Å². The molecule has 3 aromatic carbocycles.